The predicted molar refractivity (Wildman–Crippen MR) is 125 cm³/mol. The first kappa shape index (κ1) is 21.8. The van der Waals surface area contributed by atoms with Crippen molar-refractivity contribution in [1.82, 2.24) is 19.8 Å². The summed E-state index contributed by atoms with van der Waals surface area (Å²) < 4.78 is 1.58. The van der Waals surface area contributed by atoms with Crippen molar-refractivity contribution in [2.45, 2.75) is 71.5 Å². The van der Waals surface area contributed by atoms with Crippen LogP contribution in [0.25, 0.3) is 10.9 Å². The molecule has 3 fully saturated rings. The van der Waals surface area contributed by atoms with Crippen molar-refractivity contribution in [1.29, 1.82) is 0 Å². The second kappa shape index (κ2) is 8.99. The highest BCUT2D eigenvalue weighted by Gasteiger charge is 2.29. The number of hydrogen-bond donors (Lipinski definition) is 1. The molecule has 3 saturated heterocycles. The average Bonchev–Trinajstić information content (AvgIpc) is 3.08. The predicted octanol–water partition coefficient (Wildman–Crippen LogP) is 2.72. The number of aromatic nitrogens is 2. The number of piperidine rings is 1. The number of fused-ring (bicyclic) bond motifs is 5. The highest BCUT2D eigenvalue weighted by Crippen LogP contribution is 2.29. The number of rotatable bonds is 6. The van der Waals surface area contributed by atoms with Gasteiger partial charge in [0.1, 0.15) is 12.4 Å². The summed E-state index contributed by atoms with van der Waals surface area (Å²) in [4.78, 5) is 35.9. The molecule has 5 rings (SSSR count). The summed E-state index contributed by atoms with van der Waals surface area (Å²) in [5, 5.41) is 3.50. The van der Waals surface area contributed by atoms with Crippen LogP contribution in [0.4, 0.5) is 5.69 Å². The van der Waals surface area contributed by atoms with E-state index in [1.54, 1.807) is 4.57 Å². The Labute approximate surface area is 184 Å². The molecule has 31 heavy (non-hydrogen) atoms. The van der Waals surface area contributed by atoms with Crippen LogP contribution in [0, 0.1) is 0 Å². The van der Waals surface area contributed by atoms with Crippen molar-refractivity contribution < 1.29 is 4.79 Å². The first-order chi connectivity index (χ1) is 14.9. The van der Waals surface area contributed by atoms with E-state index in [4.69, 9.17) is 4.98 Å². The lowest BCUT2D eigenvalue weighted by Crippen LogP contribution is -2.38. The number of nitrogens with one attached hydrogen (secondary N) is 1. The monoisotopic (exact) mass is 425 g/mol. The second-order valence-electron chi connectivity index (χ2n) is 9.36. The normalized spacial score (nSPS) is 22.0. The number of carbonyl (C=O) groups is 1. The van der Waals surface area contributed by atoms with Gasteiger partial charge in [-0.1, -0.05) is 13.8 Å². The van der Waals surface area contributed by atoms with Crippen LogP contribution in [0.1, 0.15) is 58.7 Å². The van der Waals surface area contributed by atoms with E-state index in [9.17, 15) is 9.59 Å². The van der Waals surface area contributed by atoms with E-state index in [1.807, 2.05) is 26.0 Å². The molecule has 2 bridgehead atoms. The molecule has 7 nitrogen and oxygen atoms in total. The first-order valence-corrected chi connectivity index (χ1v) is 11.7. The van der Waals surface area contributed by atoms with Crippen LogP contribution in [0.3, 0.4) is 0 Å². The van der Waals surface area contributed by atoms with Crippen molar-refractivity contribution >= 4 is 22.5 Å². The minimum atomic E-state index is -0.155. The largest absolute Gasteiger partial charge is 0.367 e. The zero-order valence-corrected chi connectivity index (χ0v) is 19.2. The van der Waals surface area contributed by atoms with Crippen molar-refractivity contribution in [2.24, 2.45) is 0 Å². The van der Waals surface area contributed by atoms with Gasteiger partial charge >= 0.3 is 0 Å². The smallest absolute Gasteiger partial charge is 0.261 e. The molecule has 0 spiro atoms. The van der Waals surface area contributed by atoms with Crippen LogP contribution in [0.2, 0.25) is 0 Å². The SMILES string of the molecule is CCC(C)c1nc2ccc(N3CCN4CCC3CC4)cc2c(=O)n1CC(=O)NC(C)C. The Hall–Kier alpha value is -2.41. The number of anilines is 1. The summed E-state index contributed by atoms with van der Waals surface area (Å²) in [5.74, 6) is 0.629. The Kier molecular flexibility index (Phi) is 6.32. The van der Waals surface area contributed by atoms with E-state index in [2.05, 4.69) is 35.0 Å². The van der Waals surface area contributed by atoms with Crippen LogP contribution in [-0.4, -0.2) is 58.6 Å². The molecule has 0 saturated carbocycles. The molecular formula is C24H35N5O2. The lowest BCUT2D eigenvalue weighted by Gasteiger charge is -2.33. The maximum Gasteiger partial charge on any atom is 0.261 e. The molecule has 7 heteroatoms. The third-order valence-corrected chi connectivity index (χ3v) is 6.76. The summed E-state index contributed by atoms with van der Waals surface area (Å²) in [6, 6.07) is 6.65. The van der Waals surface area contributed by atoms with Crippen LogP contribution >= 0.6 is 0 Å². The van der Waals surface area contributed by atoms with E-state index in [1.165, 1.54) is 12.8 Å². The van der Waals surface area contributed by atoms with E-state index < -0.39 is 0 Å². The molecule has 0 radical (unpaired) electrons. The third-order valence-electron chi connectivity index (χ3n) is 6.76. The Morgan fingerprint density at radius 2 is 1.90 bits per heavy atom. The molecule has 0 aliphatic carbocycles. The molecule has 3 aliphatic rings. The van der Waals surface area contributed by atoms with E-state index in [0.717, 1.165) is 38.3 Å². The van der Waals surface area contributed by atoms with Crippen molar-refractivity contribution in [3.8, 4) is 0 Å². The van der Waals surface area contributed by atoms with Crippen LogP contribution in [0.15, 0.2) is 23.0 Å². The topological polar surface area (TPSA) is 70.5 Å². The van der Waals surface area contributed by atoms with Gasteiger partial charge in [-0.2, -0.15) is 0 Å². The van der Waals surface area contributed by atoms with Gasteiger partial charge in [0, 0.05) is 49.9 Å². The highest BCUT2D eigenvalue weighted by molar-refractivity contribution is 5.83. The zero-order chi connectivity index (χ0) is 22.1. The summed E-state index contributed by atoms with van der Waals surface area (Å²) in [5.41, 5.74) is 1.69. The Morgan fingerprint density at radius 3 is 2.58 bits per heavy atom. The average molecular weight is 426 g/mol. The number of carbonyl (C=O) groups excluding carboxylic acids is 1. The fraction of sp³-hybridized carbons (Fsp3) is 0.625. The Balaban J connectivity index is 1.76. The molecule has 1 amide bonds. The molecular weight excluding hydrogens is 390 g/mol. The zero-order valence-electron chi connectivity index (χ0n) is 19.2. The minimum absolute atomic E-state index is 0.00511. The number of benzene rings is 1. The van der Waals surface area contributed by atoms with E-state index in [0.29, 0.717) is 22.8 Å². The van der Waals surface area contributed by atoms with E-state index in [-0.39, 0.29) is 30.0 Å². The Morgan fingerprint density at radius 1 is 1.16 bits per heavy atom. The molecule has 1 aromatic heterocycles. The van der Waals surface area contributed by atoms with E-state index >= 15 is 0 Å². The summed E-state index contributed by atoms with van der Waals surface area (Å²) >= 11 is 0. The number of hydrogen-bond acceptors (Lipinski definition) is 5. The van der Waals surface area contributed by atoms with Gasteiger partial charge in [-0.3, -0.25) is 14.2 Å². The molecule has 1 N–H and O–H groups in total. The van der Waals surface area contributed by atoms with Gasteiger partial charge in [-0.25, -0.2) is 4.98 Å². The third kappa shape index (κ3) is 4.47. The fourth-order valence-electron chi connectivity index (χ4n) is 4.85. The molecule has 1 unspecified atom stereocenters. The molecule has 3 aliphatic heterocycles. The summed E-state index contributed by atoms with van der Waals surface area (Å²) in [6.07, 6.45) is 3.19. The van der Waals surface area contributed by atoms with Gasteiger partial charge in [0.15, 0.2) is 0 Å². The number of amides is 1. The maximum atomic E-state index is 13.6. The lowest BCUT2D eigenvalue weighted by atomic mass is 10.0. The maximum absolute atomic E-state index is 13.6. The molecule has 1 atom stereocenters. The Bertz CT molecular complexity index is 1010. The van der Waals surface area contributed by atoms with Crippen LogP contribution in [0.5, 0.6) is 0 Å². The van der Waals surface area contributed by atoms with Gasteiger partial charge in [0.25, 0.3) is 5.56 Å². The molecule has 2 aromatic rings. The standard InChI is InChI=1S/C24H35N5O2/c1-5-17(4)23-26-21-7-6-19(28-13-12-27-10-8-18(28)9-11-27)14-20(21)24(31)29(23)15-22(30)25-16(2)3/h6-7,14,16-18H,5,8-13,15H2,1-4H3,(H,25,30). The van der Waals surface area contributed by atoms with Crippen LogP contribution in [-0.2, 0) is 11.3 Å². The van der Waals surface area contributed by atoms with Crippen molar-refractivity contribution in [2.75, 3.05) is 31.1 Å². The fourth-order valence-corrected chi connectivity index (χ4v) is 4.85. The van der Waals surface area contributed by atoms with Gasteiger partial charge in [0.2, 0.25) is 5.91 Å². The molecule has 1 aromatic carbocycles. The second-order valence-corrected chi connectivity index (χ2v) is 9.36. The lowest BCUT2D eigenvalue weighted by molar-refractivity contribution is -0.122. The van der Waals surface area contributed by atoms with Gasteiger partial charge in [-0.15, -0.1) is 0 Å². The van der Waals surface area contributed by atoms with Gasteiger partial charge in [0.05, 0.1) is 10.9 Å². The number of nitrogens with zero attached hydrogens (tertiary/aromatic N) is 4. The first-order valence-electron chi connectivity index (χ1n) is 11.7. The molecule has 168 valence electrons. The van der Waals surface area contributed by atoms with Crippen molar-refractivity contribution in [3.63, 3.8) is 0 Å². The van der Waals surface area contributed by atoms with Crippen molar-refractivity contribution in [3.05, 3.63) is 34.4 Å². The van der Waals surface area contributed by atoms with Crippen LogP contribution < -0.4 is 15.8 Å². The minimum Gasteiger partial charge on any atom is -0.367 e. The summed E-state index contributed by atoms with van der Waals surface area (Å²) in [7, 11) is 0. The van der Waals surface area contributed by atoms with Gasteiger partial charge in [-0.05, 0) is 51.3 Å². The van der Waals surface area contributed by atoms with Gasteiger partial charge < -0.3 is 15.1 Å². The summed E-state index contributed by atoms with van der Waals surface area (Å²) in [6.45, 7) is 12.4. The molecule has 4 heterocycles. The quantitative estimate of drug-likeness (QED) is 0.771. The highest BCUT2D eigenvalue weighted by atomic mass is 16.2.